The number of aliphatic imine (C=N–C) groups is 1. The molecule has 11 N–H and O–H groups in total. The number of carbonyl (C=O) groups excluding carboxylic acids is 5. The zero-order chi connectivity index (χ0) is 35.3. The van der Waals surface area contributed by atoms with Crippen LogP contribution in [-0.2, 0) is 39.7 Å². The van der Waals surface area contributed by atoms with Gasteiger partial charge in [0.1, 0.15) is 23.4 Å². The third-order valence-electron chi connectivity index (χ3n) is 6.27. The molecule has 258 valence electrons. The predicted octanol–water partition coefficient (Wildman–Crippen LogP) is -2.21. The van der Waals surface area contributed by atoms with Gasteiger partial charge in [-0.05, 0) is 24.5 Å². The van der Waals surface area contributed by atoms with Gasteiger partial charge in [0.25, 0.3) is 0 Å². The van der Waals surface area contributed by atoms with Crippen LogP contribution < -0.4 is 38.1 Å². The van der Waals surface area contributed by atoms with E-state index in [1.54, 1.807) is 0 Å². The fraction of sp³-hybridized carbons (Fsp3) is 0.462. The summed E-state index contributed by atoms with van der Waals surface area (Å²) in [5, 5.41) is 28.3. The largest absolute Gasteiger partial charge is 0.481 e. The molecule has 47 heavy (non-hydrogen) atoms. The van der Waals surface area contributed by atoms with Crippen LogP contribution in [0.25, 0.3) is 0 Å². The van der Waals surface area contributed by atoms with E-state index in [4.69, 9.17) is 11.5 Å². The maximum atomic E-state index is 13.4. The number of carboxylic acid groups (broad SMARTS) is 2. The van der Waals surface area contributed by atoms with E-state index in [0.29, 0.717) is 17.8 Å². The zero-order valence-electron chi connectivity index (χ0n) is 24.5. The lowest BCUT2D eigenvalue weighted by molar-refractivity contribution is -0.143. The Morgan fingerprint density at radius 1 is 0.915 bits per heavy atom. The van der Waals surface area contributed by atoms with Crippen molar-refractivity contribution in [2.24, 2.45) is 16.5 Å². The van der Waals surface area contributed by atoms with Gasteiger partial charge in [0, 0.05) is 12.3 Å². The highest BCUT2D eigenvalue weighted by Crippen LogP contribution is 2.35. The van der Waals surface area contributed by atoms with E-state index in [9.17, 15) is 56.9 Å². The number of nitrogens with one attached hydrogen (secondary N) is 5. The Morgan fingerprint density at radius 3 is 2.11 bits per heavy atom. The molecule has 0 bridgehead atoms. The monoisotopic (exact) mass is 690 g/mol. The lowest BCUT2D eigenvalue weighted by Crippen LogP contribution is -2.55. The van der Waals surface area contributed by atoms with Gasteiger partial charge in [0.2, 0.25) is 29.5 Å². The second kappa shape index (κ2) is 17.6. The standard InChI is InChI=1S/C26H33F3N8O9S/c27-26(28,29)13-4-1-3-12(7-13)20-23(44)34-10-17(38)35-14(5-2-6-32-25(30)31)21(42)33-9-18(39)36-15(8-19(40)41)22(43)37-16(11-47-20)24(45)46/h1,3-4,7,14-16,20H,2,5-6,8-11H2,(H,33,42)(H,34,44)(H,35,38)(H,36,39)(H,37,43)(H,40,41)(H,45,46)(H4,30,31,32)/t14-,15-,16-,20+/m0/s1. The summed E-state index contributed by atoms with van der Waals surface area (Å²) in [4.78, 5) is 91.4. The molecule has 21 heteroatoms. The first-order valence-corrected chi connectivity index (χ1v) is 14.8. The summed E-state index contributed by atoms with van der Waals surface area (Å²) < 4.78 is 40.3. The number of alkyl halides is 3. The van der Waals surface area contributed by atoms with Crippen molar-refractivity contribution in [2.45, 2.75) is 48.8 Å². The average Bonchev–Trinajstić information content (AvgIpc) is 2.98. The predicted molar refractivity (Wildman–Crippen MR) is 158 cm³/mol. The van der Waals surface area contributed by atoms with Crippen molar-refractivity contribution >= 4 is 59.2 Å². The molecule has 0 aromatic heterocycles. The van der Waals surface area contributed by atoms with E-state index in [2.05, 4.69) is 26.3 Å². The Labute approximate surface area is 268 Å². The number of halogens is 3. The van der Waals surface area contributed by atoms with Crippen molar-refractivity contribution in [1.29, 1.82) is 0 Å². The Morgan fingerprint density at radius 2 is 1.53 bits per heavy atom. The molecule has 1 saturated heterocycles. The average molecular weight is 691 g/mol. The number of nitrogens with two attached hydrogens (primary N) is 2. The van der Waals surface area contributed by atoms with Gasteiger partial charge in [-0.3, -0.25) is 33.8 Å². The molecule has 1 heterocycles. The van der Waals surface area contributed by atoms with Crippen molar-refractivity contribution in [3.05, 3.63) is 35.4 Å². The highest BCUT2D eigenvalue weighted by molar-refractivity contribution is 8.00. The van der Waals surface area contributed by atoms with Gasteiger partial charge in [-0.2, -0.15) is 13.2 Å². The van der Waals surface area contributed by atoms with Gasteiger partial charge in [-0.25, -0.2) is 4.79 Å². The molecule has 0 unspecified atom stereocenters. The number of rotatable bonds is 8. The molecule has 1 aliphatic heterocycles. The van der Waals surface area contributed by atoms with Crippen LogP contribution in [0.5, 0.6) is 0 Å². The normalized spacial score (nSPS) is 22.2. The zero-order valence-corrected chi connectivity index (χ0v) is 25.3. The first-order valence-electron chi connectivity index (χ1n) is 13.7. The van der Waals surface area contributed by atoms with Crippen LogP contribution in [0.3, 0.4) is 0 Å². The number of amides is 5. The van der Waals surface area contributed by atoms with Gasteiger partial charge in [-0.15, -0.1) is 11.8 Å². The van der Waals surface area contributed by atoms with Gasteiger partial charge in [-0.1, -0.05) is 18.2 Å². The van der Waals surface area contributed by atoms with Crippen LogP contribution >= 0.6 is 11.8 Å². The number of hydrogen-bond donors (Lipinski definition) is 9. The lowest BCUT2D eigenvalue weighted by Gasteiger charge is -2.24. The van der Waals surface area contributed by atoms with Crippen molar-refractivity contribution < 1.29 is 56.9 Å². The molecule has 0 saturated carbocycles. The van der Waals surface area contributed by atoms with Gasteiger partial charge in [0.05, 0.1) is 25.1 Å². The summed E-state index contributed by atoms with van der Waals surface area (Å²) in [6, 6.07) is -1.34. The summed E-state index contributed by atoms with van der Waals surface area (Å²) in [5.41, 5.74) is 9.21. The molecule has 0 spiro atoms. The first-order chi connectivity index (χ1) is 22.0. The summed E-state index contributed by atoms with van der Waals surface area (Å²) in [6.07, 6.45) is -5.70. The Hall–Kier alpha value is -5.08. The van der Waals surface area contributed by atoms with Crippen LogP contribution in [0.15, 0.2) is 29.3 Å². The van der Waals surface area contributed by atoms with E-state index >= 15 is 0 Å². The van der Waals surface area contributed by atoms with Crippen LogP contribution in [0, 0.1) is 0 Å². The minimum absolute atomic E-state index is 0.0540. The molecule has 1 fully saturated rings. The van der Waals surface area contributed by atoms with E-state index in [1.165, 1.54) is 6.07 Å². The maximum Gasteiger partial charge on any atom is 0.416 e. The Bertz CT molecular complexity index is 1390. The smallest absolute Gasteiger partial charge is 0.416 e. The van der Waals surface area contributed by atoms with Crippen LogP contribution in [0.2, 0.25) is 0 Å². The van der Waals surface area contributed by atoms with Gasteiger partial charge in [0.15, 0.2) is 5.96 Å². The first kappa shape index (κ1) is 38.1. The molecule has 0 aliphatic carbocycles. The van der Waals surface area contributed by atoms with Gasteiger partial charge >= 0.3 is 18.1 Å². The van der Waals surface area contributed by atoms with Crippen molar-refractivity contribution in [2.75, 3.05) is 25.4 Å². The third-order valence-corrected chi connectivity index (χ3v) is 7.62. The van der Waals surface area contributed by atoms with E-state index < -0.39 is 102 Å². The lowest BCUT2D eigenvalue weighted by atomic mass is 10.1. The quantitative estimate of drug-likeness (QED) is 0.0798. The molecule has 0 radical (unpaired) electrons. The van der Waals surface area contributed by atoms with Crippen molar-refractivity contribution in [3.8, 4) is 0 Å². The number of aliphatic carboxylic acids is 2. The summed E-state index contributed by atoms with van der Waals surface area (Å²) in [7, 11) is 0. The molecule has 1 aliphatic rings. The summed E-state index contributed by atoms with van der Waals surface area (Å²) >= 11 is 0.510. The second-order valence-corrected chi connectivity index (χ2v) is 11.1. The number of hydrogen-bond acceptors (Lipinski definition) is 9. The van der Waals surface area contributed by atoms with Crippen molar-refractivity contribution in [3.63, 3.8) is 0 Å². The fourth-order valence-corrected chi connectivity index (χ4v) is 5.22. The number of carbonyl (C=O) groups is 7. The summed E-state index contributed by atoms with van der Waals surface area (Å²) in [5.74, 6) is -9.15. The van der Waals surface area contributed by atoms with Crippen LogP contribution in [0.1, 0.15) is 35.6 Å². The Kier molecular flexibility index (Phi) is 14.2. The molecule has 2 rings (SSSR count). The van der Waals surface area contributed by atoms with Crippen LogP contribution in [-0.4, -0.2) is 101 Å². The van der Waals surface area contributed by atoms with Crippen molar-refractivity contribution in [1.82, 2.24) is 26.6 Å². The topological polar surface area (TPSA) is 284 Å². The molecular weight excluding hydrogens is 657 g/mol. The van der Waals surface area contributed by atoms with Gasteiger partial charge < -0.3 is 48.3 Å². The number of nitrogens with zero attached hydrogens (tertiary/aromatic N) is 1. The van der Waals surface area contributed by atoms with E-state index in [-0.39, 0.29) is 30.9 Å². The molecular formula is C26H33F3N8O9S. The third kappa shape index (κ3) is 13.0. The molecule has 4 atom stereocenters. The molecule has 5 amide bonds. The second-order valence-electron chi connectivity index (χ2n) is 9.96. The highest BCUT2D eigenvalue weighted by Gasteiger charge is 2.34. The Balaban J connectivity index is 2.47. The summed E-state index contributed by atoms with van der Waals surface area (Å²) in [6.45, 7) is -1.49. The number of carboxylic acids is 2. The van der Waals surface area contributed by atoms with E-state index in [1.807, 2.05) is 5.32 Å². The molecule has 17 nitrogen and oxygen atoms in total. The number of benzene rings is 1. The fourth-order valence-electron chi connectivity index (χ4n) is 4.04. The SMILES string of the molecule is NC(N)=NCCC[C@@H]1NC(=O)CNC(=O)[C@@H](c2cccc(C(F)(F)F)c2)SC[C@@H](C(=O)O)NC(=O)[C@H](CC(=O)O)NC(=O)CNC1=O. The minimum atomic E-state index is -4.80. The highest BCUT2D eigenvalue weighted by atomic mass is 32.2. The number of guanidine groups is 1. The van der Waals surface area contributed by atoms with E-state index in [0.717, 1.165) is 12.1 Å². The minimum Gasteiger partial charge on any atom is -0.481 e. The van der Waals surface area contributed by atoms with Crippen LogP contribution in [0.4, 0.5) is 13.2 Å². The maximum absolute atomic E-state index is 13.4. The molecule has 1 aromatic rings. The molecule has 1 aromatic carbocycles. The number of thioether (sulfide) groups is 1.